The van der Waals surface area contributed by atoms with Crippen molar-refractivity contribution in [3.8, 4) is 5.75 Å². The smallest absolute Gasteiger partial charge is 0.122 e. The number of methoxy groups -OCH3 is 1. The van der Waals surface area contributed by atoms with E-state index in [1.165, 1.54) is 16.0 Å². The second-order valence-corrected chi connectivity index (χ2v) is 6.00. The van der Waals surface area contributed by atoms with Gasteiger partial charge in [-0.15, -0.1) is 11.3 Å². The van der Waals surface area contributed by atoms with Crippen molar-refractivity contribution < 1.29 is 4.74 Å². The molecule has 1 heterocycles. The van der Waals surface area contributed by atoms with E-state index in [1.807, 2.05) is 12.1 Å². The number of rotatable bonds is 4. The second kappa shape index (κ2) is 5.69. The first-order valence-electron chi connectivity index (χ1n) is 5.52. The van der Waals surface area contributed by atoms with Crippen LogP contribution in [0, 0.1) is 6.92 Å². The molecular formula is C14H15BrOS. The third-order valence-electron chi connectivity index (χ3n) is 2.78. The van der Waals surface area contributed by atoms with E-state index in [2.05, 4.69) is 46.4 Å². The number of thiophene rings is 1. The average molecular weight is 311 g/mol. The Hall–Kier alpha value is -0.800. The summed E-state index contributed by atoms with van der Waals surface area (Å²) in [6.45, 7) is 2.16. The fourth-order valence-corrected chi connectivity index (χ4v) is 3.80. The van der Waals surface area contributed by atoms with Crippen LogP contribution in [0.2, 0.25) is 0 Å². The van der Waals surface area contributed by atoms with Crippen LogP contribution in [0.4, 0.5) is 0 Å². The first-order chi connectivity index (χ1) is 8.22. The third-order valence-corrected chi connectivity index (χ3v) is 5.00. The Labute approximate surface area is 115 Å². The zero-order valence-electron chi connectivity index (χ0n) is 9.94. The van der Waals surface area contributed by atoms with Gasteiger partial charge in [0, 0.05) is 4.88 Å². The maximum Gasteiger partial charge on any atom is 0.122 e. The molecule has 0 radical (unpaired) electrons. The molecule has 17 heavy (non-hydrogen) atoms. The molecule has 1 unspecified atom stereocenters. The molecule has 3 heteroatoms. The summed E-state index contributed by atoms with van der Waals surface area (Å²) < 4.78 is 5.38. The minimum atomic E-state index is 0.360. The Bertz CT molecular complexity index is 492. The maximum absolute atomic E-state index is 5.38. The summed E-state index contributed by atoms with van der Waals surface area (Å²) in [6, 6.07) is 10.4. The van der Waals surface area contributed by atoms with Crippen molar-refractivity contribution in [2.45, 2.75) is 18.2 Å². The predicted octanol–water partition coefficient (Wildman–Crippen LogP) is 4.74. The highest BCUT2D eigenvalue weighted by molar-refractivity contribution is 9.09. The van der Waals surface area contributed by atoms with Gasteiger partial charge in [-0.3, -0.25) is 0 Å². The van der Waals surface area contributed by atoms with E-state index in [9.17, 15) is 0 Å². The Morgan fingerprint density at radius 2 is 2.06 bits per heavy atom. The molecule has 0 bridgehead atoms. The Balaban J connectivity index is 2.18. The van der Waals surface area contributed by atoms with Gasteiger partial charge in [0.05, 0.1) is 11.9 Å². The Kier molecular flexibility index (Phi) is 4.24. The molecule has 0 aliphatic rings. The number of hydrogen-bond donors (Lipinski definition) is 0. The number of alkyl halides is 1. The van der Waals surface area contributed by atoms with Crippen LogP contribution in [-0.4, -0.2) is 7.11 Å². The quantitative estimate of drug-likeness (QED) is 0.741. The van der Waals surface area contributed by atoms with Crippen molar-refractivity contribution in [1.82, 2.24) is 0 Å². The highest BCUT2D eigenvalue weighted by Gasteiger charge is 2.14. The van der Waals surface area contributed by atoms with Crippen molar-refractivity contribution in [3.05, 3.63) is 51.7 Å². The minimum absolute atomic E-state index is 0.360. The summed E-state index contributed by atoms with van der Waals surface area (Å²) in [5, 5.41) is 2.14. The van der Waals surface area contributed by atoms with Gasteiger partial charge in [-0.2, -0.15) is 0 Å². The van der Waals surface area contributed by atoms with Crippen molar-refractivity contribution in [1.29, 1.82) is 0 Å². The van der Waals surface area contributed by atoms with Gasteiger partial charge in [-0.05, 0) is 42.0 Å². The first kappa shape index (κ1) is 12.7. The van der Waals surface area contributed by atoms with Crippen LogP contribution in [0.3, 0.4) is 0 Å². The van der Waals surface area contributed by atoms with E-state index in [4.69, 9.17) is 4.74 Å². The Morgan fingerprint density at radius 3 is 2.71 bits per heavy atom. The van der Waals surface area contributed by atoms with Crippen LogP contribution >= 0.6 is 27.3 Å². The van der Waals surface area contributed by atoms with E-state index in [0.717, 1.165) is 12.2 Å². The summed E-state index contributed by atoms with van der Waals surface area (Å²) in [6.07, 6.45) is 0.950. The van der Waals surface area contributed by atoms with Gasteiger partial charge < -0.3 is 4.74 Å². The molecule has 1 nitrogen and oxygen atoms in total. The van der Waals surface area contributed by atoms with E-state index in [1.54, 1.807) is 18.4 Å². The normalized spacial score (nSPS) is 12.4. The lowest BCUT2D eigenvalue weighted by molar-refractivity contribution is 0.409. The number of halogens is 1. The highest BCUT2D eigenvalue weighted by atomic mass is 79.9. The minimum Gasteiger partial charge on any atom is -0.496 e. The van der Waals surface area contributed by atoms with Gasteiger partial charge in [0.25, 0.3) is 0 Å². The molecule has 0 aliphatic heterocycles. The molecule has 0 saturated carbocycles. The maximum atomic E-state index is 5.38. The number of hydrogen-bond acceptors (Lipinski definition) is 2. The molecule has 1 aromatic heterocycles. The predicted molar refractivity (Wildman–Crippen MR) is 77.4 cm³/mol. The molecule has 0 fully saturated rings. The molecule has 1 aromatic carbocycles. The van der Waals surface area contributed by atoms with Crippen LogP contribution < -0.4 is 4.74 Å². The lowest BCUT2D eigenvalue weighted by Crippen LogP contribution is -1.97. The average Bonchev–Trinajstić information content (AvgIpc) is 2.76. The van der Waals surface area contributed by atoms with Crippen LogP contribution in [0.1, 0.15) is 20.8 Å². The van der Waals surface area contributed by atoms with Crippen molar-refractivity contribution in [2.24, 2.45) is 0 Å². The second-order valence-electron chi connectivity index (χ2n) is 3.95. The molecule has 0 amide bonds. The van der Waals surface area contributed by atoms with Gasteiger partial charge in [0.2, 0.25) is 0 Å². The molecule has 0 aliphatic carbocycles. The number of aryl methyl sites for hydroxylation is 1. The lowest BCUT2D eigenvalue weighted by Gasteiger charge is -2.12. The van der Waals surface area contributed by atoms with Crippen LogP contribution in [-0.2, 0) is 6.42 Å². The van der Waals surface area contributed by atoms with Crippen molar-refractivity contribution >= 4 is 27.3 Å². The standard InChI is InChI=1S/C14H15BrOS/c1-10-7-8-17-14(10)12(15)9-11-5-3-4-6-13(11)16-2/h3-8,12H,9H2,1-2H3. The van der Waals surface area contributed by atoms with E-state index in [0.29, 0.717) is 4.83 Å². The summed E-state index contributed by atoms with van der Waals surface area (Å²) in [5.74, 6) is 0.964. The monoisotopic (exact) mass is 310 g/mol. The topological polar surface area (TPSA) is 9.23 Å². The van der Waals surface area contributed by atoms with Gasteiger partial charge in [0.1, 0.15) is 5.75 Å². The molecule has 2 aromatic rings. The summed E-state index contributed by atoms with van der Waals surface area (Å²) in [5.41, 5.74) is 2.59. The number of para-hydroxylation sites is 1. The summed E-state index contributed by atoms with van der Waals surface area (Å²) >= 11 is 5.57. The highest BCUT2D eigenvalue weighted by Crippen LogP contribution is 2.35. The van der Waals surface area contributed by atoms with E-state index in [-0.39, 0.29) is 0 Å². The fourth-order valence-electron chi connectivity index (χ4n) is 1.86. The molecule has 1 atom stereocenters. The van der Waals surface area contributed by atoms with Gasteiger partial charge in [0.15, 0.2) is 0 Å². The molecule has 0 spiro atoms. The fraction of sp³-hybridized carbons (Fsp3) is 0.286. The van der Waals surface area contributed by atoms with Crippen molar-refractivity contribution in [3.63, 3.8) is 0 Å². The lowest BCUT2D eigenvalue weighted by atomic mass is 10.1. The number of ether oxygens (including phenoxy) is 1. The Morgan fingerprint density at radius 1 is 1.29 bits per heavy atom. The zero-order chi connectivity index (χ0) is 12.3. The molecule has 0 saturated heterocycles. The zero-order valence-corrected chi connectivity index (χ0v) is 12.3. The third kappa shape index (κ3) is 2.90. The molecule has 90 valence electrons. The largest absolute Gasteiger partial charge is 0.496 e. The van der Waals surface area contributed by atoms with Crippen LogP contribution in [0.5, 0.6) is 5.75 Å². The molecule has 0 N–H and O–H groups in total. The number of benzene rings is 1. The molecule has 2 rings (SSSR count). The first-order valence-corrected chi connectivity index (χ1v) is 7.32. The molecular weight excluding hydrogens is 296 g/mol. The van der Waals surface area contributed by atoms with E-state index >= 15 is 0 Å². The van der Waals surface area contributed by atoms with Gasteiger partial charge in [-0.1, -0.05) is 34.1 Å². The summed E-state index contributed by atoms with van der Waals surface area (Å²) in [4.78, 5) is 1.76. The van der Waals surface area contributed by atoms with Gasteiger partial charge >= 0.3 is 0 Å². The van der Waals surface area contributed by atoms with Crippen LogP contribution in [0.25, 0.3) is 0 Å². The SMILES string of the molecule is COc1ccccc1CC(Br)c1sccc1C. The van der Waals surface area contributed by atoms with Crippen LogP contribution in [0.15, 0.2) is 35.7 Å². The van der Waals surface area contributed by atoms with Crippen molar-refractivity contribution in [2.75, 3.05) is 7.11 Å². The van der Waals surface area contributed by atoms with E-state index < -0.39 is 0 Å². The summed E-state index contributed by atoms with van der Waals surface area (Å²) in [7, 11) is 1.72. The van der Waals surface area contributed by atoms with Gasteiger partial charge in [-0.25, -0.2) is 0 Å².